The van der Waals surface area contributed by atoms with Crippen molar-refractivity contribution < 1.29 is 27.5 Å². The molecule has 1 aromatic heterocycles. The van der Waals surface area contributed by atoms with Crippen LogP contribution in [-0.4, -0.2) is 52.9 Å². The van der Waals surface area contributed by atoms with Gasteiger partial charge in [-0.05, 0) is 41.7 Å². The normalized spacial score (nSPS) is 15.8. The molecule has 6 bridgehead atoms. The molecule has 43 heavy (non-hydrogen) atoms. The van der Waals surface area contributed by atoms with Crippen LogP contribution in [0.3, 0.4) is 0 Å². The zero-order valence-electron chi connectivity index (χ0n) is 23.4. The molecular formula is C28H34F3N9O3. The summed E-state index contributed by atoms with van der Waals surface area (Å²) in [7, 11) is 0. The first-order valence-electron chi connectivity index (χ1n) is 13.9. The summed E-state index contributed by atoms with van der Waals surface area (Å²) in [6.07, 6.45) is -1.07. The standard InChI is InChI=1S/C28H34F3N9O3/c29-28(30,31)18-43-27-39-23-34-16-20-6-5-7-21(14-20)17-36-26(42)33-13-4-2-1-3-12-32-25(41)35-15-19-8-10-22(11-9-19)37-24(38-23)40-27/h5-11,14H,1-4,12-13,15-18H2,(H2,32,35,41)(H2,33,36,42)(H2,34,37,38,39,40). The van der Waals surface area contributed by atoms with Crippen molar-refractivity contribution in [1.29, 1.82) is 0 Å². The zero-order chi connectivity index (χ0) is 30.5. The fourth-order valence-electron chi connectivity index (χ4n) is 4.07. The first-order valence-corrected chi connectivity index (χ1v) is 13.9. The Kier molecular flexibility index (Phi) is 11.2. The molecular weight excluding hydrogens is 567 g/mol. The minimum Gasteiger partial charge on any atom is -0.454 e. The minimum absolute atomic E-state index is 0.00164. The minimum atomic E-state index is -4.57. The van der Waals surface area contributed by atoms with E-state index in [1.807, 2.05) is 24.3 Å². The topological polar surface area (TPSA) is 154 Å². The van der Waals surface area contributed by atoms with Crippen LogP contribution in [0.4, 0.5) is 40.3 Å². The highest BCUT2D eigenvalue weighted by atomic mass is 19.4. The van der Waals surface area contributed by atoms with Crippen molar-refractivity contribution in [3.63, 3.8) is 0 Å². The number of fused-ring (bicyclic) bond motifs is 16. The van der Waals surface area contributed by atoms with Gasteiger partial charge in [0.25, 0.3) is 0 Å². The van der Waals surface area contributed by atoms with Gasteiger partial charge >= 0.3 is 24.2 Å². The van der Waals surface area contributed by atoms with Crippen LogP contribution < -0.4 is 36.6 Å². The van der Waals surface area contributed by atoms with Gasteiger partial charge in [-0.2, -0.15) is 28.1 Å². The molecule has 3 aromatic rings. The summed E-state index contributed by atoms with van der Waals surface area (Å²) in [5.41, 5.74) is 3.10. The number of hydrogen-bond acceptors (Lipinski definition) is 8. The van der Waals surface area contributed by atoms with E-state index < -0.39 is 18.8 Å². The predicted molar refractivity (Wildman–Crippen MR) is 154 cm³/mol. The fourth-order valence-corrected chi connectivity index (χ4v) is 4.07. The number of urea groups is 2. The lowest BCUT2D eigenvalue weighted by Crippen LogP contribution is -2.36. The largest absolute Gasteiger partial charge is 0.454 e. The molecule has 0 unspecified atom stereocenters. The molecule has 0 saturated heterocycles. The molecule has 0 saturated carbocycles. The number of anilines is 3. The third-order valence-electron chi connectivity index (χ3n) is 6.21. The van der Waals surface area contributed by atoms with Crippen molar-refractivity contribution in [2.75, 3.05) is 30.3 Å². The van der Waals surface area contributed by atoms with Crippen molar-refractivity contribution in [2.45, 2.75) is 51.5 Å². The van der Waals surface area contributed by atoms with Crippen LogP contribution in [0.15, 0.2) is 48.5 Å². The molecule has 0 fully saturated rings. The van der Waals surface area contributed by atoms with Gasteiger partial charge in [0.1, 0.15) is 0 Å². The summed E-state index contributed by atoms with van der Waals surface area (Å²) in [6, 6.07) is 13.4. The van der Waals surface area contributed by atoms with E-state index in [1.165, 1.54) is 0 Å². The summed E-state index contributed by atoms with van der Waals surface area (Å²) >= 11 is 0. The Morgan fingerprint density at radius 2 is 1.26 bits per heavy atom. The number of ether oxygens (including phenoxy) is 1. The highest BCUT2D eigenvalue weighted by molar-refractivity contribution is 5.74. The number of benzene rings is 2. The zero-order valence-corrected chi connectivity index (χ0v) is 23.4. The van der Waals surface area contributed by atoms with Crippen LogP contribution in [0.25, 0.3) is 0 Å². The summed E-state index contributed by atoms with van der Waals surface area (Å²) in [6.45, 7) is 0.377. The summed E-state index contributed by atoms with van der Waals surface area (Å²) in [5, 5.41) is 17.2. The number of halogens is 3. The Balaban J connectivity index is 1.50. The number of amides is 4. The lowest BCUT2D eigenvalue weighted by Gasteiger charge is -2.13. The molecule has 5 rings (SSSR count). The molecule has 4 amide bonds. The lowest BCUT2D eigenvalue weighted by molar-refractivity contribution is -0.154. The van der Waals surface area contributed by atoms with Crippen molar-refractivity contribution >= 4 is 29.6 Å². The van der Waals surface area contributed by atoms with Crippen LogP contribution in [0.1, 0.15) is 42.4 Å². The van der Waals surface area contributed by atoms with Crippen molar-refractivity contribution in [3.8, 4) is 6.01 Å². The average Bonchev–Trinajstić information content (AvgIpc) is 2.98. The van der Waals surface area contributed by atoms with Crippen LogP contribution in [0.5, 0.6) is 6.01 Å². The third-order valence-corrected chi connectivity index (χ3v) is 6.21. The molecule has 6 N–H and O–H groups in total. The molecule has 2 aromatic carbocycles. The monoisotopic (exact) mass is 601 g/mol. The van der Waals surface area contributed by atoms with Gasteiger partial charge in [0, 0.05) is 38.4 Å². The van der Waals surface area contributed by atoms with Gasteiger partial charge in [-0.25, -0.2) is 9.59 Å². The Labute approximate surface area is 246 Å². The van der Waals surface area contributed by atoms with Crippen molar-refractivity contribution in [1.82, 2.24) is 36.2 Å². The maximum absolute atomic E-state index is 12.8. The second-order valence-electron chi connectivity index (χ2n) is 9.80. The number of nitrogens with one attached hydrogen (secondary N) is 6. The fraction of sp³-hybridized carbons (Fsp3) is 0.393. The predicted octanol–water partition coefficient (Wildman–Crippen LogP) is 4.34. The lowest BCUT2D eigenvalue weighted by atomic mass is 10.1. The molecule has 2 aliphatic heterocycles. The van der Waals surface area contributed by atoms with E-state index in [0.717, 1.165) is 42.4 Å². The van der Waals surface area contributed by atoms with Gasteiger partial charge in [-0.3, -0.25) is 0 Å². The molecule has 230 valence electrons. The Morgan fingerprint density at radius 3 is 1.88 bits per heavy atom. The van der Waals surface area contributed by atoms with Gasteiger partial charge in [-0.1, -0.05) is 49.2 Å². The first kappa shape index (κ1) is 31.1. The van der Waals surface area contributed by atoms with Crippen LogP contribution in [-0.2, 0) is 19.6 Å². The SMILES string of the molecule is O=C1NCCCCCCNC(=O)NCc2cccc(c2)CNc2nc(nc(OCC(F)(F)F)n2)Nc2ccc(cc2)CN1. The number of rotatable bonds is 2. The molecule has 2 aliphatic rings. The number of alkyl halides is 3. The maximum atomic E-state index is 12.8. The van der Waals surface area contributed by atoms with Crippen molar-refractivity contribution in [2.24, 2.45) is 0 Å². The van der Waals surface area contributed by atoms with Gasteiger partial charge in [0.2, 0.25) is 11.9 Å². The quantitative estimate of drug-likeness (QED) is 0.254. The van der Waals surface area contributed by atoms with E-state index in [9.17, 15) is 22.8 Å². The molecule has 0 radical (unpaired) electrons. The van der Waals surface area contributed by atoms with Gasteiger partial charge in [0.05, 0.1) is 0 Å². The Bertz CT molecular complexity index is 1360. The summed E-state index contributed by atoms with van der Waals surface area (Å²) in [4.78, 5) is 36.5. The second-order valence-corrected chi connectivity index (χ2v) is 9.80. The third kappa shape index (κ3) is 11.5. The number of aromatic nitrogens is 3. The van der Waals surface area contributed by atoms with E-state index in [-0.39, 0.29) is 30.5 Å². The first-order chi connectivity index (χ1) is 20.7. The summed E-state index contributed by atoms with van der Waals surface area (Å²) in [5.74, 6) is -0.0250. The van der Waals surface area contributed by atoms with E-state index in [0.29, 0.717) is 31.9 Å². The number of hydrogen-bond donors (Lipinski definition) is 6. The van der Waals surface area contributed by atoms with Crippen LogP contribution >= 0.6 is 0 Å². The molecule has 15 heteroatoms. The molecule has 3 heterocycles. The van der Waals surface area contributed by atoms with E-state index in [1.54, 1.807) is 24.3 Å². The van der Waals surface area contributed by atoms with Gasteiger partial charge < -0.3 is 36.6 Å². The van der Waals surface area contributed by atoms with E-state index in [2.05, 4.69) is 46.9 Å². The second kappa shape index (κ2) is 15.4. The van der Waals surface area contributed by atoms with Crippen LogP contribution in [0.2, 0.25) is 0 Å². The number of carbonyl (C=O) groups is 2. The Hall–Kier alpha value is -4.82. The molecule has 12 nitrogen and oxygen atoms in total. The highest BCUT2D eigenvalue weighted by Gasteiger charge is 2.29. The van der Waals surface area contributed by atoms with Gasteiger partial charge in [-0.15, -0.1) is 0 Å². The number of carbonyl (C=O) groups excluding carboxylic acids is 2. The van der Waals surface area contributed by atoms with Crippen LogP contribution in [0, 0.1) is 0 Å². The Morgan fingerprint density at radius 1 is 0.674 bits per heavy atom. The van der Waals surface area contributed by atoms with Crippen molar-refractivity contribution in [3.05, 3.63) is 65.2 Å². The van der Waals surface area contributed by atoms with E-state index >= 15 is 0 Å². The molecule has 0 aliphatic carbocycles. The highest BCUT2D eigenvalue weighted by Crippen LogP contribution is 2.21. The smallest absolute Gasteiger partial charge is 0.422 e. The van der Waals surface area contributed by atoms with Gasteiger partial charge in [0.15, 0.2) is 6.61 Å². The average molecular weight is 602 g/mol. The maximum Gasteiger partial charge on any atom is 0.422 e. The summed E-state index contributed by atoms with van der Waals surface area (Å²) < 4.78 is 43.2. The molecule has 0 atom stereocenters. The van der Waals surface area contributed by atoms with E-state index in [4.69, 9.17) is 4.74 Å². The number of nitrogens with zero attached hydrogens (tertiary/aromatic N) is 3. The molecule has 0 spiro atoms.